The molecule has 3 aromatic rings. The number of para-hydroxylation sites is 2. The summed E-state index contributed by atoms with van der Waals surface area (Å²) < 4.78 is 12.4. The van der Waals surface area contributed by atoms with E-state index in [4.69, 9.17) is 21.1 Å². The number of nitrogens with zero attached hydrogens (tertiary/aromatic N) is 2. The summed E-state index contributed by atoms with van der Waals surface area (Å²) in [6.45, 7) is 0.0491. The van der Waals surface area contributed by atoms with Crippen LogP contribution in [0.3, 0.4) is 0 Å². The molecule has 0 bridgehead atoms. The fourth-order valence-electron chi connectivity index (χ4n) is 2.98. The van der Waals surface area contributed by atoms with Gasteiger partial charge in [0.25, 0.3) is 5.56 Å². The lowest BCUT2D eigenvalue weighted by Gasteiger charge is -2.26. The molecule has 0 radical (unpaired) electrons. The second kappa shape index (κ2) is 8.42. The Bertz CT molecular complexity index is 1180. The lowest BCUT2D eigenvalue weighted by molar-refractivity contribution is -0.120. The molecule has 0 aliphatic carbocycles. The summed E-state index contributed by atoms with van der Waals surface area (Å²) in [5.41, 5.74) is 0.0413. The molecular formula is C20H17ClN4O5. The SMILES string of the molecule is O=C(Cn1cnc2ccc(Cl)cc2c1=O)NC(=O)NC[C@@H]1COc2ccccc2O1. The number of amides is 3. The fraction of sp³-hybridized carbons (Fsp3) is 0.200. The summed E-state index contributed by atoms with van der Waals surface area (Å²) >= 11 is 5.92. The molecular weight excluding hydrogens is 412 g/mol. The van der Waals surface area contributed by atoms with Crippen molar-refractivity contribution in [2.24, 2.45) is 0 Å². The lowest BCUT2D eigenvalue weighted by atomic mass is 10.2. The van der Waals surface area contributed by atoms with Crippen molar-refractivity contribution in [1.82, 2.24) is 20.2 Å². The molecule has 0 fully saturated rings. The standard InChI is InChI=1S/C20H17ClN4O5/c21-12-5-6-15-14(7-12)19(27)25(11-23-15)9-18(26)24-20(28)22-8-13-10-29-16-3-1-2-4-17(16)30-13/h1-7,11,13H,8-10H2,(H2,22,24,26,28)/t13-/m1/s1. The van der Waals surface area contributed by atoms with Crippen LogP contribution in [0.4, 0.5) is 4.79 Å². The molecule has 1 atom stereocenters. The Balaban J connectivity index is 1.31. The van der Waals surface area contributed by atoms with Crippen LogP contribution in [0, 0.1) is 0 Å². The van der Waals surface area contributed by atoms with E-state index >= 15 is 0 Å². The van der Waals surface area contributed by atoms with Gasteiger partial charge in [0, 0.05) is 5.02 Å². The van der Waals surface area contributed by atoms with Crippen LogP contribution < -0.4 is 25.7 Å². The van der Waals surface area contributed by atoms with Gasteiger partial charge >= 0.3 is 6.03 Å². The Morgan fingerprint density at radius 1 is 1.20 bits per heavy atom. The summed E-state index contributed by atoms with van der Waals surface area (Å²) in [6, 6.07) is 11.2. The van der Waals surface area contributed by atoms with Crippen LogP contribution in [0.25, 0.3) is 10.9 Å². The van der Waals surface area contributed by atoms with Crippen molar-refractivity contribution >= 4 is 34.4 Å². The number of carbonyl (C=O) groups excluding carboxylic acids is 2. The van der Waals surface area contributed by atoms with E-state index in [2.05, 4.69) is 15.6 Å². The quantitative estimate of drug-likeness (QED) is 0.654. The van der Waals surface area contributed by atoms with Crippen molar-refractivity contribution in [2.45, 2.75) is 12.6 Å². The number of ether oxygens (including phenoxy) is 2. The number of rotatable bonds is 4. The van der Waals surface area contributed by atoms with Gasteiger partial charge in [0.2, 0.25) is 5.91 Å². The van der Waals surface area contributed by atoms with Crippen molar-refractivity contribution in [3.8, 4) is 11.5 Å². The van der Waals surface area contributed by atoms with Gasteiger partial charge in [0.1, 0.15) is 13.2 Å². The van der Waals surface area contributed by atoms with Gasteiger partial charge in [0.05, 0.1) is 23.8 Å². The van der Waals surface area contributed by atoms with E-state index in [1.54, 1.807) is 24.3 Å². The van der Waals surface area contributed by atoms with Crippen molar-refractivity contribution in [1.29, 1.82) is 0 Å². The van der Waals surface area contributed by atoms with E-state index in [1.165, 1.54) is 12.4 Å². The first kappa shape index (κ1) is 19.7. The molecule has 154 valence electrons. The molecule has 30 heavy (non-hydrogen) atoms. The number of imide groups is 1. The van der Waals surface area contributed by atoms with Crippen molar-refractivity contribution < 1.29 is 19.1 Å². The molecule has 0 unspecified atom stereocenters. The highest BCUT2D eigenvalue weighted by Gasteiger charge is 2.21. The molecule has 1 aliphatic rings. The van der Waals surface area contributed by atoms with E-state index in [0.29, 0.717) is 22.0 Å². The minimum Gasteiger partial charge on any atom is -0.486 e. The third kappa shape index (κ3) is 4.36. The fourth-order valence-corrected chi connectivity index (χ4v) is 3.15. The van der Waals surface area contributed by atoms with Crippen LogP contribution >= 0.6 is 11.6 Å². The monoisotopic (exact) mass is 428 g/mol. The first-order chi connectivity index (χ1) is 14.5. The molecule has 2 heterocycles. The molecule has 2 aromatic carbocycles. The van der Waals surface area contributed by atoms with Crippen LogP contribution in [0.1, 0.15) is 0 Å². The van der Waals surface area contributed by atoms with Crippen LogP contribution in [0.2, 0.25) is 5.02 Å². The highest BCUT2D eigenvalue weighted by Crippen LogP contribution is 2.30. The zero-order valence-corrected chi connectivity index (χ0v) is 16.4. The Morgan fingerprint density at radius 2 is 2.00 bits per heavy atom. The van der Waals surface area contributed by atoms with Crippen LogP contribution in [0.5, 0.6) is 11.5 Å². The molecule has 4 rings (SSSR count). The molecule has 1 aliphatic heterocycles. The van der Waals surface area contributed by atoms with Crippen molar-refractivity contribution in [3.63, 3.8) is 0 Å². The molecule has 3 amide bonds. The van der Waals surface area contributed by atoms with Crippen molar-refractivity contribution in [2.75, 3.05) is 13.2 Å². The second-order valence-corrected chi connectivity index (χ2v) is 7.03. The summed E-state index contributed by atoms with van der Waals surface area (Å²) in [5, 5.41) is 5.41. The Morgan fingerprint density at radius 3 is 2.83 bits per heavy atom. The normalized spacial score (nSPS) is 14.9. The molecule has 0 spiro atoms. The Kier molecular flexibility index (Phi) is 5.53. The number of benzene rings is 2. The average molecular weight is 429 g/mol. The van der Waals surface area contributed by atoms with Gasteiger partial charge < -0.3 is 14.8 Å². The number of nitrogens with one attached hydrogen (secondary N) is 2. The Hall–Kier alpha value is -3.59. The van der Waals surface area contributed by atoms with Gasteiger partial charge in [0.15, 0.2) is 17.6 Å². The molecule has 2 N–H and O–H groups in total. The number of fused-ring (bicyclic) bond motifs is 2. The maximum Gasteiger partial charge on any atom is 0.321 e. The van der Waals surface area contributed by atoms with E-state index in [9.17, 15) is 14.4 Å². The summed E-state index contributed by atoms with van der Waals surface area (Å²) in [6.07, 6.45) is 0.860. The second-order valence-electron chi connectivity index (χ2n) is 6.59. The first-order valence-corrected chi connectivity index (χ1v) is 9.48. The van der Waals surface area contributed by atoms with Gasteiger partial charge in [-0.1, -0.05) is 23.7 Å². The summed E-state index contributed by atoms with van der Waals surface area (Å²) in [7, 11) is 0. The number of hydrogen-bond acceptors (Lipinski definition) is 6. The first-order valence-electron chi connectivity index (χ1n) is 9.10. The van der Waals surface area contributed by atoms with Crippen molar-refractivity contribution in [3.05, 3.63) is 64.2 Å². The third-order valence-corrected chi connectivity index (χ3v) is 4.65. The van der Waals surface area contributed by atoms with Gasteiger partial charge in [-0.05, 0) is 30.3 Å². The van der Waals surface area contributed by atoms with Gasteiger partial charge in [-0.2, -0.15) is 0 Å². The Labute approximate surface area is 175 Å². The molecule has 0 saturated carbocycles. The lowest BCUT2D eigenvalue weighted by Crippen LogP contribution is -2.47. The van der Waals surface area contributed by atoms with Gasteiger partial charge in [-0.3, -0.25) is 19.5 Å². The third-order valence-electron chi connectivity index (χ3n) is 4.41. The topological polar surface area (TPSA) is 112 Å². The maximum absolute atomic E-state index is 12.5. The number of hydrogen-bond donors (Lipinski definition) is 2. The minimum atomic E-state index is -0.702. The number of urea groups is 1. The molecule has 10 heteroatoms. The van der Waals surface area contributed by atoms with E-state index in [0.717, 1.165) is 4.57 Å². The predicted molar refractivity (Wildman–Crippen MR) is 109 cm³/mol. The highest BCUT2D eigenvalue weighted by molar-refractivity contribution is 6.31. The van der Waals surface area contributed by atoms with Crippen LogP contribution in [0.15, 0.2) is 53.6 Å². The molecule has 9 nitrogen and oxygen atoms in total. The summed E-state index contributed by atoms with van der Waals surface area (Å²) in [4.78, 5) is 40.8. The maximum atomic E-state index is 12.5. The highest BCUT2D eigenvalue weighted by atomic mass is 35.5. The number of carbonyl (C=O) groups is 2. The summed E-state index contributed by atoms with van der Waals surface area (Å²) in [5.74, 6) is 0.573. The molecule has 1 aromatic heterocycles. The zero-order valence-electron chi connectivity index (χ0n) is 15.6. The number of aromatic nitrogens is 2. The smallest absolute Gasteiger partial charge is 0.321 e. The molecule has 0 saturated heterocycles. The average Bonchev–Trinajstić information content (AvgIpc) is 2.74. The predicted octanol–water partition coefficient (Wildman–Crippen LogP) is 1.72. The van der Waals surface area contributed by atoms with Gasteiger partial charge in [-0.25, -0.2) is 9.78 Å². The van der Waals surface area contributed by atoms with E-state index in [1.807, 2.05) is 12.1 Å². The van der Waals surface area contributed by atoms with Crippen LogP contribution in [-0.4, -0.2) is 40.7 Å². The van der Waals surface area contributed by atoms with E-state index < -0.39 is 23.6 Å². The minimum absolute atomic E-state index is 0.142. The van der Waals surface area contributed by atoms with Gasteiger partial charge in [-0.15, -0.1) is 0 Å². The van der Waals surface area contributed by atoms with E-state index in [-0.39, 0.29) is 25.1 Å². The van der Waals surface area contributed by atoms with Crippen LogP contribution in [-0.2, 0) is 11.3 Å². The zero-order chi connectivity index (χ0) is 21.1. The largest absolute Gasteiger partial charge is 0.486 e. The number of halogens is 1.